The number of nitrogens with zero attached hydrogens (tertiary/aromatic N) is 1. The molecule has 0 fully saturated rings. The van der Waals surface area contributed by atoms with Gasteiger partial charge < -0.3 is 0 Å². The summed E-state index contributed by atoms with van der Waals surface area (Å²) in [4.78, 5) is 4.10. The van der Waals surface area contributed by atoms with Crippen molar-refractivity contribution in [3.8, 4) is 0 Å². The maximum Gasteiger partial charge on any atom is 0.126 e. The SMILES string of the molecule is CC(C)c1ccc(S(C)=O)nc1. The molecule has 0 spiro atoms. The van der Waals surface area contributed by atoms with Crippen LogP contribution in [-0.2, 0) is 10.8 Å². The Labute approximate surface area is 75.5 Å². The molecular weight excluding hydrogens is 170 g/mol. The summed E-state index contributed by atoms with van der Waals surface area (Å²) < 4.78 is 11.0. The molecule has 1 atom stereocenters. The quantitative estimate of drug-likeness (QED) is 0.701. The number of pyridine rings is 1. The predicted octanol–water partition coefficient (Wildman–Crippen LogP) is 1.94. The summed E-state index contributed by atoms with van der Waals surface area (Å²) in [5.74, 6) is 0.483. The Bertz CT molecular complexity index is 279. The minimum Gasteiger partial charge on any atom is -0.253 e. The first kappa shape index (κ1) is 9.39. The van der Waals surface area contributed by atoms with Gasteiger partial charge in [-0.3, -0.25) is 4.21 Å². The molecule has 0 N–H and O–H groups in total. The van der Waals surface area contributed by atoms with E-state index in [2.05, 4.69) is 18.8 Å². The first-order chi connectivity index (χ1) is 5.61. The summed E-state index contributed by atoms with van der Waals surface area (Å²) in [7, 11) is -0.962. The van der Waals surface area contributed by atoms with Gasteiger partial charge in [-0.1, -0.05) is 19.9 Å². The maximum atomic E-state index is 11.0. The van der Waals surface area contributed by atoms with Crippen molar-refractivity contribution in [2.75, 3.05) is 6.26 Å². The van der Waals surface area contributed by atoms with E-state index >= 15 is 0 Å². The molecule has 0 bridgehead atoms. The minimum absolute atomic E-state index is 0.483. The lowest BCUT2D eigenvalue weighted by Gasteiger charge is -2.03. The van der Waals surface area contributed by atoms with Gasteiger partial charge in [0, 0.05) is 12.5 Å². The highest BCUT2D eigenvalue weighted by Gasteiger charge is 2.01. The second kappa shape index (κ2) is 3.81. The third-order valence-corrected chi connectivity index (χ3v) is 2.55. The van der Waals surface area contributed by atoms with Gasteiger partial charge >= 0.3 is 0 Å². The van der Waals surface area contributed by atoms with Crippen LogP contribution in [-0.4, -0.2) is 15.4 Å². The monoisotopic (exact) mass is 183 g/mol. The van der Waals surface area contributed by atoms with Gasteiger partial charge in [-0.25, -0.2) is 4.98 Å². The van der Waals surface area contributed by atoms with Crippen molar-refractivity contribution >= 4 is 10.8 Å². The van der Waals surface area contributed by atoms with Crippen LogP contribution in [0.3, 0.4) is 0 Å². The predicted molar refractivity (Wildman–Crippen MR) is 50.7 cm³/mol. The highest BCUT2D eigenvalue weighted by atomic mass is 32.2. The molecule has 0 saturated carbocycles. The number of rotatable bonds is 2. The van der Waals surface area contributed by atoms with Gasteiger partial charge in [0.05, 0.1) is 10.8 Å². The van der Waals surface area contributed by atoms with E-state index in [1.807, 2.05) is 12.1 Å². The van der Waals surface area contributed by atoms with Gasteiger partial charge in [-0.15, -0.1) is 0 Å². The van der Waals surface area contributed by atoms with Gasteiger partial charge in [-0.05, 0) is 17.5 Å². The van der Waals surface area contributed by atoms with Crippen LogP contribution in [0.4, 0.5) is 0 Å². The summed E-state index contributed by atoms with van der Waals surface area (Å²) >= 11 is 0. The Morgan fingerprint density at radius 1 is 1.42 bits per heavy atom. The van der Waals surface area contributed by atoms with Crippen LogP contribution in [0.15, 0.2) is 23.4 Å². The lowest BCUT2D eigenvalue weighted by molar-refractivity contribution is 0.683. The number of aromatic nitrogens is 1. The van der Waals surface area contributed by atoms with Crippen molar-refractivity contribution in [1.29, 1.82) is 0 Å². The third-order valence-electron chi connectivity index (χ3n) is 1.72. The molecule has 1 aromatic heterocycles. The van der Waals surface area contributed by atoms with E-state index in [-0.39, 0.29) is 0 Å². The van der Waals surface area contributed by atoms with Crippen molar-refractivity contribution in [3.63, 3.8) is 0 Å². The molecule has 1 aromatic rings. The normalized spacial score (nSPS) is 13.3. The van der Waals surface area contributed by atoms with E-state index in [0.29, 0.717) is 10.9 Å². The van der Waals surface area contributed by atoms with Gasteiger partial charge in [0.15, 0.2) is 0 Å². The van der Waals surface area contributed by atoms with Crippen LogP contribution in [0.1, 0.15) is 25.3 Å². The molecule has 66 valence electrons. The van der Waals surface area contributed by atoms with E-state index in [1.54, 1.807) is 12.5 Å². The van der Waals surface area contributed by atoms with Crippen molar-refractivity contribution in [2.45, 2.75) is 24.8 Å². The smallest absolute Gasteiger partial charge is 0.126 e. The zero-order chi connectivity index (χ0) is 9.14. The molecule has 0 amide bonds. The highest BCUT2D eigenvalue weighted by molar-refractivity contribution is 7.84. The van der Waals surface area contributed by atoms with Crippen molar-refractivity contribution in [3.05, 3.63) is 23.9 Å². The minimum atomic E-state index is -0.962. The molecule has 1 heterocycles. The molecule has 1 unspecified atom stereocenters. The zero-order valence-electron chi connectivity index (χ0n) is 7.57. The molecular formula is C9H13NOS. The Hall–Kier alpha value is -0.700. The average molecular weight is 183 g/mol. The molecule has 2 nitrogen and oxygen atoms in total. The van der Waals surface area contributed by atoms with E-state index in [0.717, 1.165) is 0 Å². The van der Waals surface area contributed by atoms with Gasteiger partial charge in [0.25, 0.3) is 0 Å². The first-order valence-corrected chi connectivity index (χ1v) is 5.46. The highest BCUT2D eigenvalue weighted by Crippen LogP contribution is 2.13. The Morgan fingerprint density at radius 2 is 2.08 bits per heavy atom. The molecule has 0 radical (unpaired) electrons. The second-order valence-electron chi connectivity index (χ2n) is 3.04. The van der Waals surface area contributed by atoms with Gasteiger partial charge in [0.1, 0.15) is 5.03 Å². The number of hydrogen-bond acceptors (Lipinski definition) is 2. The second-order valence-corrected chi connectivity index (χ2v) is 4.37. The molecule has 0 saturated heterocycles. The lowest BCUT2D eigenvalue weighted by atomic mass is 10.1. The molecule has 0 aromatic carbocycles. The Morgan fingerprint density at radius 3 is 2.42 bits per heavy atom. The van der Waals surface area contributed by atoms with E-state index in [9.17, 15) is 4.21 Å². The zero-order valence-corrected chi connectivity index (χ0v) is 8.39. The van der Waals surface area contributed by atoms with Gasteiger partial charge in [-0.2, -0.15) is 0 Å². The topological polar surface area (TPSA) is 30.0 Å². The van der Waals surface area contributed by atoms with Crippen LogP contribution < -0.4 is 0 Å². The molecule has 0 aliphatic rings. The van der Waals surface area contributed by atoms with E-state index in [1.165, 1.54) is 5.56 Å². The fourth-order valence-electron chi connectivity index (χ4n) is 0.903. The summed E-state index contributed by atoms with van der Waals surface area (Å²) in [5, 5.41) is 0.652. The fraction of sp³-hybridized carbons (Fsp3) is 0.444. The third kappa shape index (κ3) is 2.14. The van der Waals surface area contributed by atoms with Gasteiger partial charge in [0.2, 0.25) is 0 Å². The van der Waals surface area contributed by atoms with Crippen molar-refractivity contribution in [2.24, 2.45) is 0 Å². The molecule has 12 heavy (non-hydrogen) atoms. The van der Waals surface area contributed by atoms with E-state index in [4.69, 9.17) is 0 Å². The summed E-state index contributed by atoms with van der Waals surface area (Å²) in [6, 6.07) is 3.81. The fourth-order valence-corrected chi connectivity index (χ4v) is 1.36. The summed E-state index contributed by atoms with van der Waals surface area (Å²) in [6.07, 6.45) is 3.43. The van der Waals surface area contributed by atoms with Crippen LogP contribution in [0.25, 0.3) is 0 Å². The number of hydrogen-bond donors (Lipinski definition) is 0. The molecule has 0 aliphatic carbocycles. The van der Waals surface area contributed by atoms with Crippen molar-refractivity contribution in [1.82, 2.24) is 4.98 Å². The van der Waals surface area contributed by atoms with E-state index < -0.39 is 10.8 Å². The average Bonchev–Trinajstić information content (AvgIpc) is 2.04. The Balaban J connectivity index is 2.93. The molecule has 3 heteroatoms. The summed E-state index contributed by atoms with van der Waals surface area (Å²) in [6.45, 7) is 4.22. The first-order valence-electron chi connectivity index (χ1n) is 3.90. The van der Waals surface area contributed by atoms with Crippen LogP contribution >= 0.6 is 0 Å². The van der Waals surface area contributed by atoms with Crippen LogP contribution in [0.5, 0.6) is 0 Å². The van der Waals surface area contributed by atoms with Crippen LogP contribution in [0.2, 0.25) is 0 Å². The largest absolute Gasteiger partial charge is 0.253 e. The molecule has 1 rings (SSSR count). The van der Waals surface area contributed by atoms with Crippen molar-refractivity contribution < 1.29 is 4.21 Å². The standard InChI is InChI=1S/C9H13NOS/c1-7(2)8-4-5-9(10-6-8)12(3)11/h4-7H,1-3H3. The molecule has 0 aliphatic heterocycles. The summed E-state index contributed by atoms with van der Waals surface area (Å²) in [5.41, 5.74) is 1.18. The van der Waals surface area contributed by atoms with Crippen LogP contribution in [0, 0.1) is 0 Å². The Kier molecular flexibility index (Phi) is 2.98. The maximum absolute atomic E-state index is 11.0. The lowest BCUT2D eigenvalue weighted by Crippen LogP contribution is -1.94.